The van der Waals surface area contributed by atoms with Crippen molar-refractivity contribution in [3.8, 4) is 0 Å². The average molecular weight is 340 g/mol. The van der Waals surface area contributed by atoms with E-state index in [2.05, 4.69) is 0 Å². The van der Waals surface area contributed by atoms with Crippen LogP contribution in [0.1, 0.15) is 37.6 Å². The van der Waals surface area contributed by atoms with Gasteiger partial charge in [0.25, 0.3) is 15.0 Å². The molecule has 1 aromatic rings. The Balaban J connectivity index is 3.43. The molecule has 0 fully saturated rings. The third kappa shape index (κ3) is 4.14. The van der Waals surface area contributed by atoms with Crippen LogP contribution in [0.4, 0.5) is 8.78 Å². The molecule has 118 valence electrons. The predicted octanol–water partition coefficient (Wildman–Crippen LogP) is 3.15. The molecule has 0 aliphatic heterocycles. The van der Waals surface area contributed by atoms with Gasteiger partial charge in [0.15, 0.2) is 5.82 Å². The third-order valence-corrected chi connectivity index (χ3v) is 4.17. The van der Waals surface area contributed by atoms with Gasteiger partial charge in [0.1, 0.15) is 10.7 Å². The second kappa shape index (κ2) is 6.70. The van der Waals surface area contributed by atoms with Gasteiger partial charge in [0.05, 0.1) is 5.56 Å². The van der Waals surface area contributed by atoms with Gasteiger partial charge in [-0.2, -0.15) is 0 Å². The van der Waals surface area contributed by atoms with Crippen LogP contribution in [0.5, 0.6) is 0 Å². The molecule has 0 radical (unpaired) electrons. The summed E-state index contributed by atoms with van der Waals surface area (Å²) in [6.45, 7) is 5.63. The number of nitrogens with zero attached hydrogens (tertiary/aromatic N) is 1. The zero-order chi connectivity index (χ0) is 16.4. The molecule has 0 heterocycles. The molecule has 1 amide bonds. The van der Waals surface area contributed by atoms with Crippen molar-refractivity contribution in [1.82, 2.24) is 4.90 Å². The van der Waals surface area contributed by atoms with E-state index < -0.39 is 37.1 Å². The summed E-state index contributed by atoms with van der Waals surface area (Å²) in [5.41, 5.74) is -0.642. The minimum atomic E-state index is -4.48. The van der Waals surface area contributed by atoms with Gasteiger partial charge in [0.2, 0.25) is 0 Å². The first-order valence-electron chi connectivity index (χ1n) is 6.34. The first-order chi connectivity index (χ1) is 9.59. The highest BCUT2D eigenvalue weighted by Gasteiger charge is 2.27. The van der Waals surface area contributed by atoms with E-state index in [0.717, 1.165) is 0 Å². The van der Waals surface area contributed by atoms with Gasteiger partial charge in [-0.1, -0.05) is 6.92 Å². The summed E-state index contributed by atoms with van der Waals surface area (Å²) in [7, 11) is 0.573. The summed E-state index contributed by atoms with van der Waals surface area (Å²) < 4.78 is 50.2. The molecular formula is C13H16ClF2NO3S. The fourth-order valence-corrected chi connectivity index (χ4v) is 2.80. The molecule has 0 aromatic heterocycles. The van der Waals surface area contributed by atoms with Gasteiger partial charge in [-0.3, -0.25) is 4.79 Å². The molecule has 0 aliphatic carbocycles. The van der Waals surface area contributed by atoms with Crippen LogP contribution in [0.2, 0.25) is 0 Å². The summed E-state index contributed by atoms with van der Waals surface area (Å²) in [4.78, 5) is 12.6. The van der Waals surface area contributed by atoms with Gasteiger partial charge < -0.3 is 4.90 Å². The SMILES string of the molecule is CCCN(C(=O)c1cc(F)cc(S(=O)(=O)Cl)c1F)C(C)C. The standard InChI is InChI=1S/C13H16ClF2NO3S/c1-4-5-17(8(2)3)13(18)10-6-9(15)7-11(12(10)16)21(14,19)20/h6-8H,4-5H2,1-3H3. The molecule has 21 heavy (non-hydrogen) atoms. The van der Waals surface area contributed by atoms with E-state index in [1.165, 1.54) is 4.90 Å². The smallest absolute Gasteiger partial charge is 0.264 e. The predicted molar refractivity (Wildman–Crippen MR) is 75.9 cm³/mol. The fourth-order valence-electron chi connectivity index (χ4n) is 1.89. The maximum absolute atomic E-state index is 14.2. The minimum absolute atomic E-state index is 0.240. The molecule has 1 aromatic carbocycles. The summed E-state index contributed by atoms with van der Waals surface area (Å²) in [6, 6.07) is 0.888. The van der Waals surface area contributed by atoms with E-state index in [9.17, 15) is 22.0 Å². The Kier molecular flexibility index (Phi) is 5.69. The van der Waals surface area contributed by atoms with Crippen LogP contribution in [0.15, 0.2) is 17.0 Å². The molecule has 0 saturated heterocycles. The van der Waals surface area contributed by atoms with E-state index in [-0.39, 0.29) is 6.04 Å². The summed E-state index contributed by atoms with van der Waals surface area (Å²) in [5, 5.41) is 0. The van der Waals surface area contributed by atoms with Crippen LogP contribution in [0.3, 0.4) is 0 Å². The number of amides is 1. The minimum Gasteiger partial charge on any atom is -0.336 e. The van der Waals surface area contributed by atoms with Crippen LogP contribution >= 0.6 is 10.7 Å². The van der Waals surface area contributed by atoms with Crippen LogP contribution in [0, 0.1) is 11.6 Å². The normalized spacial score (nSPS) is 11.8. The largest absolute Gasteiger partial charge is 0.336 e. The Labute approximate surface area is 127 Å². The number of benzene rings is 1. The first kappa shape index (κ1) is 17.8. The van der Waals surface area contributed by atoms with Gasteiger partial charge in [-0.05, 0) is 32.4 Å². The van der Waals surface area contributed by atoms with Gasteiger partial charge in [-0.15, -0.1) is 0 Å². The zero-order valence-corrected chi connectivity index (χ0v) is 13.4. The lowest BCUT2D eigenvalue weighted by Gasteiger charge is -2.26. The van der Waals surface area contributed by atoms with Crippen LogP contribution < -0.4 is 0 Å². The molecular weight excluding hydrogens is 324 g/mol. The zero-order valence-electron chi connectivity index (χ0n) is 11.9. The Morgan fingerprint density at radius 3 is 2.33 bits per heavy atom. The highest BCUT2D eigenvalue weighted by molar-refractivity contribution is 8.13. The van der Waals surface area contributed by atoms with Crippen molar-refractivity contribution in [2.24, 2.45) is 0 Å². The van der Waals surface area contributed by atoms with Crippen LogP contribution in [-0.2, 0) is 9.05 Å². The summed E-state index contributed by atoms with van der Waals surface area (Å²) in [5.74, 6) is -3.15. The lowest BCUT2D eigenvalue weighted by atomic mass is 10.1. The Morgan fingerprint density at radius 2 is 1.90 bits per heavy atom. The van der Waals surface area contributed by atoms with Crippen molar-refractivity contribution in [3.05, 3.63) is 29.3 Å². The Morgan fingerprint density at radius 1 is 1.33 bits per heavy atom. The second-order valence-corrected chi connectivity index (χ2v) is 7.33. The van der Waals surface area contributed by atoms with Crippen molar-refractivity contribution in [2.45, 2.75) is 38.1 Å². The number of hydrogen-bond acceptors (Lipinski definition) is 3. The van der Waals surface area contributed by atoms with E-state index in [1.54, 1.807) is 13.8 Å². The van der Waals surface area contributed by atoms with Gasteiger partial charge in [-0.25, -0.2) is 17.2 Å². The topological polar surface area (TPSA) is 54.5 Å². The summed E-state index contributed by atoms with van der Waals surface area (Å²) >= 11 is 0. The van der Waals surface area contributed by atoms with E-state index in [0.29, 0.717) is 25.1 Å². The Hall–Kier alpha value is -1.21. The van der Waals surface area contributed by atoms with Crippen LogP contribution in [-0.4, -0.2) is 31.8 Å². The molecule has 0 saturated carbocycles. The maximum atomic E-state index is 14.2. The van der Waals surface area contributed by atoms with E-state index in [4.69, 9.17) is 10.7 Å². The monoisotopic (exact) mass is 339 g/mol. The van der Waals surface area contributed by atoms with E-state index in [1.807, 2.05) is 6.92 Å². The highest BCUT2D eigenvalue weighted by Crippen LogP contribution is 2.25. The maximum Gasteiger partial charge on any atom is 0.264 e. The molecule has 8 heteroatoms. The van der Waals surface area contributed by atoms with Gasteiger partial charge >= 0.3 is 0 Å². The van der Waals surface area contributed by atoms with Crippen molar-refractivity contribution in [2.75, 3.05) is 6.54 Å². The molecule has 0 atom stereocenters. The average Bonchev–Trinajstić information content (AvgIpc) is 2.35. The molecule has 1 rings (SSSR count). The van der Waals surface area contributed by atoms with E-state index >= 15 is 0 Å². The lowest BCUT2D eigenvalue weighted by molar-refractivity contribution is 0.0700. The van der Waals surface area contributed by atoms with Crippen LogP contribution in [0.25, 0.3) is 0 Å². The molecule has 0 spiro atoms. The van der Waals surface area contributed by atoms with Crippen molar-refractivity contribution >= 4 is 25.6 Å². The molecule has 0 aliphatic rings. The highest BCUT2D eigenvalue weighted by atomic mass is 35.7. The molecule has 4 nitrogen and oxygen atoms in total. The lowest BCUT2D eigenvalue weighted by Crippen LogP contribution is -2.38. The van der Waals surface area contributed by atoms with Crippen molar-refractivity contribution in [3.63, 3.8) is 0 Å². The number of halogens is 3. The summed E-state index contributed by atoms with van der Waals surface area (Å²) in [6.07, 6.45) is 0.627. The number of carbonyl (C=O) groups is 1. The van der Waals surface area contributed by atoms with Gasteiger partial charge in [0, 0.05) is 23.3 Å². The number of carbonyl (C=O) groups excluding carboxylic acids is 1. The third-order valence-electron chi connectivity index (χ3n) is 2.85. The number of hydrogen-bond donors (Lipinski definition) is 0. The number of rotatable bonds is 5. The second-order valence-electron chi connectivity index (χ2n) is 4.80. The fraction of sp³-hybridized carbons (Fsp3) is 0.462. The quantitative estimate of drug-likeness (QED) is 0.774. The molecule has 0 unspecified atom stereocenters. The first-order valence-corrected chi connectivity index (χ1v) is 8.65. The molecule has 0 N–H and O–H groups in total. The van der Waals surface area contributed by atoms with Crippen molar-refractivity contribution in [1.29, 1.82) is 0 Å². The Bertz CT molecular complexity index is 647. The van der Waals surface area contributed by atoms with Crippen molar-refractivity contribution < 1.29 is 22.0 Å². The molecule has 0 bridgehead atoms.